The molecule has 3 heteroatoms. The molecule has 0 bridgehead atoms. The summed E-state index contributed by atoms with van der Waals surface area (Å²) in [5.74, 6) is 0.584. The molecule has 3 nitrogen and oxygen atoms in total. The lowest BCUT2D eigenvalue weighted by atomic mass is 9.95. The molecule has 0 unspecified atom stereocenters. The summed E-state index contributed by atoms with van der Waals surface area (Å²) in [5.41, 5.74) is 10.9. The number of aryl methyl sites for hydroxylation is 3. The Morgan fingerprint density at radius 2 is 1.65 bits per heavy atom. The van der Waals surface area contributed by atoms with Gasteiger partial charge in [-0.15, -0.1) is 0 Å². The van der Waals surface area contributed by atoms with E-state index in [-0.39, 0.29) is 0 Å². The van der Waals surface area contributed by atoms with E-state index in [1.807, 2.05) is 12.4 Å². The fraction of sp³-hybridized carbons (Fsp3) is 0.321. The molecule has 0 amide bonds. The van der Waals surface area contributed by atoms with Gasteiger partial charge in [-0.2, -0.15) is 4.57 Å². The number of benzene rings is 2. The van der Waals surface area contributed by atoms with Gasteiger partial charge in [0, 0.05) is 35.4 Å². The van der Waals surface area contributed by atoms with E-state index in [9.17, 15) is 0 Å². The molecule has 2 aromatic heterocycles. The first-order valence-corrected chi connectivity index (χ1v) is 11.3. The van der Waals surface area contributed by atoms with Crippen molar-refractivity contribution in [3.05, 3.63) is 77.2 Å². The van der Waals surface area contributed by atoms with Crippen molar-refractivity contribution >= 4 is 10.9 Å². The lowest BCUT2D eigenvalue weighted by molar-refractivity contribution is -0.633. The van der Waals surface area contributed by atoms with Crippen LogP contribution in [0.2, 0.25) is 0 Å². The van der Waals surface area contributed by atoms with Crippen LogP contribution in [0.3, 0.4) is 0 Å². The van der Waals surface area contributed by atoms with Crippen LogP contribution in [0.15, 0.2) is 54.9 Å². The first kappa shape index (κ1) is 19.9. The Labute approximate surface area is 184 Å². The number of pyridine rings is 1. The van der Waals surface area contributed by atoms with Crippen LogP contribution in [0.25, 0.3) is 33.4 Å². The van der Waals surface area contributed by atoms with Crippen LogP contribution in [0.5, 0.6) is 0 Å². The Morgan fingerprint density at radius 1 is 0.871 bits per heavy atom. The molecule has 2 aromatic carbocycles. The van der Waals surface area contributed by atoms with Gasteiger partial charge >= 0.3 is 0 Å². The summed E-state index contributed by atoms with van der Waals surface area (Å²) in [6.45, 7) is 6.58. The second-order valence-corrected chi connectivity index (χ2v) is 9.08. The highest BCUT2D eigenvalue weighted by molar-refractivity contribution is 5.93. The lowest BCUT2D eigenvalue weighted by Gasteiger charge is -2.13. The molecule has 0 saturated heterocycles. The van der Waals surface area contributed by atoms with Crippen LogP contribution in [0.4, 0.5) is 0 Å². The maximum Gasteiger partial charge on any atom is 0.213 e. The Hall–Kier alpha value is -3.07. The molecule has 5 rings (SSSR count). The van der Waals surface area contributed by atoms with Crippen LogP contribution in [0, 0.1) is 20.8 Å². The molecule has 0 radical (unpaired) electrons. The van der Waals surface area contributed by atoms with E-state index in [1.54, 1.807) is 0 Å². The van der Waals surface area contributed by atoms with Crippen molar-refractivity contribution in [1.29, 1.82) is 0 Å². The molecule has 0 aliphatic heterocycles. The van der Waals surface area contributed by atoms with E-state index >= 15 is 0 Å². The minimum Gasteiger partial charge on any atom is -0.257 e. The number of hydrogen-bond donors (Lipinski definition) is 0. The van der Waals surface area contributed by atoms with Gasteiger partial charge < -0.3 is 0 Å². The fourth-order valence-electron chi connectivity index (χ4n) is 5.12. The average Bonchev–Trinajstić information content (AvgIpc) is 3.32. The minimum absolute atomic E-state index is 0.584. The summed E-state index contributed by atoms with van der Waals surface area (Å²) in [6.07, 6.45) is 9.10. The predicted octanol–water partition coefficient (Wildman–Crippen LogP) is 6.37. The maximum atomic E-state index is 4.89. The van der Waals surface area contributed by atoms with E-state index in [0.29, 0.717) is 5.92 Å². The van der Waals surface area contributed by atoms with Crippen molar-refractivity contribution < 1.29 is 4.57 Å². The Morgan fingerprint density at radius 3 is 2.39 bits per heavy atom. The largest absolute Gasteiger partial charge is 0.257 e. The summed E-state index contributed by atoms with van der Waals surface area (Å²) >= 11 is 0. The molecule has 1 aliphatic carbocycles. The van der Waals surface area contributed by atoms with Gasteiger partial charge in [-0.1, -0.05) is 36.6 Å². The van der Waals surface area contributed by atoms with Crippen molar-refractivity contribution in [3.8, 4) is 22.5 Å². The van der Waals surface area contributed by atoms with Gasteiger partial charge in [-0.05, 0) is 56.9 Å². The van der Waals surface area contributed by atoms with Gasteiger partial charge in [-0.3, -0.25) is 9.97 Å². The standard InChI is InChI=1S/C28H30N3/c1-18-13-19(2)20(3)23(14-18)28-15-24(22-11-7-8-12-27(22)31(28)4)26-17-29-25(16-30-26)21-9-5-6-10-21/h7-8,11-17,21H,5-6,9-10H2,1-4H3/q+1. The molecule has 1 aliphatic rings. The summed E-state index contributed by atoms with van der Waals surface area (Å²) in [4.78, 5) is 9.74. The smallest absolute Gasteiger partial charge is 0.213 e. The highest BCUT2D eigenvalue weighted by Gasteiger charge is 2.23. The predicted molar refractivity (Wildman–Crippen MR) is 127 cm³/mol. The topological polar surface area (TPSA) is 29.7 Å². The van der Waals surface area contributed by atoms with E-state index in [2.05, 4.69) is 74.9 Å². The molecule has 0 atom stereocenters. The van der Waals surface area contributed by atoms with Crippen LogP contribution in [0.1, 0.15) is 54.0 Å². The second-order valence-electron chi connectivity index (χ2n) is 9.08. The van der Waals surface area contributed by atoms with Gasteiger partial charge in [0.1, 0.15) is 7.05 Å². The van der Waals surface area contributed by atoms with Crippen molar-refractivity contribution in [1.82, 2.24) is 9.97 Å². The van der Waals surface area contributed by atoms with Gasteiger partial charge in [0.05, 0.1) is 23.0 Å². The maximum absolute atomic E-state index is 4.89. The van der Waals surface area contributed by atoms with Crippen molar-refractivity contribution in [2.24, 2.45) is 7.05 Å². The van der Waals surface area contributed by atoms with E-state index in [4.69, 9.17) is 9.97 Å². The Balaban J connectivity index is 1.71. The molecule has 0 N–H and O–H groups in total. The normalized spacial score (nSPS) is 14.5. The van der Waals surface area contributed by atoms with Gasteiger partial charge in [0.2, 0.25) is 11.2 Å². The van der Waals surface area contributed by atoms with Crippen molar-refractivity contribution in [2.45, 2.75) is 52.4 Å². The summed E-state index contributed by atoms with van der Waals surface area (Å²) in [7, 11) is 2.16. The first-order valence-electron chi connectivity index (χ1n) is 11.3. The second kappa shape index (κ2) is 7.88. The SMILES string of the molecule is Cc1cc(C)c(C)c(-c2cc(-c3cnc(C4CCCC4)cn3)c3ccccc3[n+]2C)c1. The lowest BCUT2D eigenvalue weighted by Crippen LogP contribution is -2.32. The van der Waals surface area contributed by atoms with Crippen molar-refractivity contribution in [3.63, 3.8) is 0 Å². The number of aromatic nitrogens is 3. The number of rotatable bonds is 3. The third kappa shape index (κ3) is 3.52. The van der Waals surface area contributed by atoms with Crippen LogP contribution < -0.4 is 4.57 Å². The van der Waals surface area contributed by atoms with Crippen LogP contribution in [-0.2, 0) is 7.05 Å². The van der Waals surface area contributed by atoms with Crippen LogP contribution >= 0.6 is 0 Å². The zero-order valence-electron chi connectivity index (χ0n) is 18.9. The minimum atomic E-state index is 0.584. The molecule has 31 heavy (non-hydrogen) atoms. The molecule has 0 spiro atoms. The van der Waals surface area contributed by atoms with E-state index < -0.39 is 0 Å². The summed E-state index contributed by atoms with van der Waals surface area (Å²) in [6, 6.07) is 15.4. The monoisotopic (exact) mass is 408 g/mol. The van der Waals surface area contributed by atoms with Gasteiger partial charge in [0.25, 0.3) is 0 Å². The first-order chi connectivity index (χ1) is 15.0. The zero-order chi connectivity index (χ0) is 21.5. The quantitative estimate of drug-likeness (QED) is 0.369. The Bertz CT molecular complexity index is 1270. The molecular formula is C28H30N3+. The summed E-state index contributed by atoms with van der Waals surface area (Å²) in [5, 5.41) is 1.21. The summed E-state index contributed by atoms with van der Waals surface area (Å²) < 4.78 is 2.31. The Kier molecular flexibility index (Phi) is 5.05. The molecular weight excluding hydrogens is 378 g/mol. The number of hydrogen-bond acceptors (Lipinski definition) is 2. The highest BCUT2D eigenvalue weighted by Crippen LogP contribution is 2.35. The average molecular weight is 409 g/mol. The molecule has 156 valence electrons. The van der Waals surface area contributed by atoms with Crippen molar-refractivity contribution in [2.75, 3.05) is 0 Å². The highest BCUT2D eigenvalue weighted by atomic mass is 14.9. The third-order valence-corrected chi connectivity index (χ3v) is 7.01. The van der Waals surface area contributed by atoms with Crippen LogP contribution in [-0.4, -0.2) is 9.97 Å². The molecule has 1 saturated carbocycles. The van der Waals surface area contributed by atoms with Gasteiger partial charge in [0.15, 0.2) is 0 Å². The van der Waals surface area contributed by atoms with E-state index in [1.165, 1.54) is 64.5 Å². The number of fused-ring (bicyclic) bond motifs is 1. The molecule has 2 heterocycles. The number of nitrogens with zero attached hydrogens (tertiary/aromatic N) is 3. The fourth-order valence-corrected chi connectivity index (χ4v) is 5.12. The third-order valence-electron chi connectivity index (χ3n) is 7.01. The molecule has 1 fully saturated rings. The zero-order valence-corrected chi connectivity index (χ0v) is 18.9. The molecule has 4 aromatic rings. The van der Waals surface area contributed by atoms with E-state index in [0.717, 1.165) is 17.0 Å². The van der Waals surface area contributed by atoms with Gasteiger partial charge in [-0.25, -0.2) is 0 Å². The number of para-hydroxylation sites is 1.